The Morgan fingerprint density at radius 3 is 2.64 bits per heavy atom. The fourth-order valence-corrected chi connectivity index (χ4v) is 4.88. The molecule has 1 aliphatic heterocycles. The van der Waals surface area contributed by atoms with Crippen LogP contribution in [0.2, 0.25) is 0 Å². The summed E-state index contributed by atoms with van der Waals surface area (Å²) in [6.45, 7) is 2.61. The van der Waals surface area contributed by atoms with Crippen LogP contribution in [0.25, 0.3) is 27.2 Å². The van der Waals surface area contributed by atoms with E-state index in [2.05, 4.69) is 6.08 Å². The zero-order valence-electron chi connectivity index (χ0n) is 18.2. The van der Waals surface area contributed by atoms with E-state index in [1.807, 2.05) is 54.3 Å². The Bertz CT molecular complexity index is 1450. The lowest BCUT2D eigenvalue weighted by atomic mass is 9.97. The summed E-state index contributed by atoms with van der Waals surface area (Å²) in [6.07, 6.45) is 2.75. The lowest BCUT2D eigenvalue weighted by Crippen LogP contribution is -2.35. The quantitative estimate of drug-likeness (QED) is 0.469. The van der Waals surface area contributed by atoms with E-state index >= 15 is 0 Å². The van der Waals surface area contributed by atoms with Crippen LogP contribution >= 0.6 is 0 Å². The molecule has 0 unspecified atom stereocenters. The van der Waals surface area contributed by atoms with Crippen molar-refractivity contribution in [1.82, 2.24) is 9.47 Å². The van der Waals surface area contributed by atoms with Crippen molar-refractivity contribution in [1.29, 1.82) is 0 Å². The molecule has 2 heterocycles. The number of carboxylic acids is 1. The maximum atomic E-state index is 14.2. The molecule has 0 bridgehead atoms. The number of hydrogen-bond donors (Lipinski definition) is 1. The molecular weight excluding hydrogens is 419 g/mol. The normalized spacial score (nSPS) is 14.0. The zero-order valence-corrected chi connectivity index (χ0v) is 18.2. The number of amides is 1. The van der Waals surface area contributed by atoms with Gasteiger partial charge in [-0.05, 0) is 54.0 Å². The minimum atomic E-state index is -0.962. The second kappa shape index (κ2) is 8.20. The first-order valence-corrected chi connectivity index (χ1v) is 10.9. The van der Waals surface area contributed by atoms with Crippen molar-refractivity contribution in [3.8, 4) is 0 Å². The molecule has 166 valence electrons. The topological polar surface area (TPSA) is 62.5 Å². The van der Waals surface area contributed by atoms with Gasteiger partial charge in [0.05, 0.1) is 0 Å². The lowest BCUT2D eigenvalue weighted by molar-refractivity contribution is -0.137. The standard InChI is InChI=1S/C27H23FN2O3/c1-17-26(23-14-20(28)11-12-24(23)30(17)16-25(31)32)19-8-5-13-29(15-19)27(33)22-10-4-7-18-6-2-3-9-21(18)22/h2-4,6-12,14H,5,13,15-16H2,1H3,(H,31,32). The summed E-state index contributed by atoms with van der Waals surface area (Å²) in [5.41, 5.74) is 3.80. The van der Waals surface area contributed by atoms with Crippen molar-refractivity contribution in [3.63, 3.8) is 0 Å². The number of carbonyl (C=O) groups is 2. The summed E-state index contributed by atoms with van der Waals surface area (Å²) in [7, 11) is 0. The third-order valence-corrected chi connectivity index (χ3v) is 6.36. The van der Waals surface area contributed by atoms with Crippen molar-refractivity contribution in [3.05, 3.63) is 89.4 Å². The smallest absolute Gasteiger partial charge is 0.323 e. The van der Waals surface area contributed by atoms with E-state index in [-0.39, 0.29) is 18.3 Å². The van der Waals surface area contributed by atoms with Gasteiger partial charge in [-0.25, -0.2) is 4.39 Å². The molecule has 0 saturated heterocycles. The molecule has 1 aromatic heterocycles. The average molecular weight is 442 g/mol. The van der Waals surface area contributed by atoms with Gasteiger partial charge in [-0.3, -0.25) is 9.59 Å². The highest BCUT2D eigenvalue weighted by atomic mass is 19.1. The van der Waals surface area contributed by atoms with Gasteiger partial charge in [0.2, 0.25) is 0 Å². The number of hydrogen-bond acceptors (Lipinski definition) is 2. The van der Waals surface area contributed by atoms with Crippen LogP contribution in [-0.4, -0.2) is 39.5 Å². The molecule has 0 radical (unpaired) electrons. The Balaban J connectivity index is 1.55. The Kier molecular flexibility index (Phi) is 5.21. The number of aliphatic carboxylic acids is 1. The molecule has 5 rings (SSSR count). The van der Waals surface area contributed by atoms with Crippen LogP contribution in [0.3, 0.4) is 0 Å². The highest BCUT2D eigenvalue weighted by Crippen LogP contribution is 2.34. The fourth-order valence-electron chi connectivity index (χ4n) is 4.88. The molecule has 0 aliphatic carbocycles. The van der Waals surface area contributed by atoms with Crippen LogP contribution in [0.15, 0.2) is 66.7 Å². The SMILES string of the molecule is Cc1c(C2=CCCN(C(=O)c3cccc4ccccc34)C2)c2cc(F)ccc2n1CC(=O)O. The maximum absolute atomic E-state index is 14.2. The van der Waals surface area contributed by atoms with E-state index in [9.17, 15) is 19.1 Å². The minimum Gasteiger partial charge on any atom is -0.480 e. The van der Waals surface area contributed by atoms with Gasteiger partial charge in [-0.15, -0.1) is 0 Å². The summed E-state index contributed by atoms with van der Waals surface area (Å²) in [4.78, 5) is 26.8. The van der Waals surface area contributed by atoms with E-state index in [4.69, 9.17) is 0 Å². The van der Waals surface area contributed by atoms with Gasteiger partial charge in [-0.1, -0.05) is 42.5 Å². The van der Waals surface area contributed by atoms with Gasteiger partial charge >= 0.3 is 5.97 Å². The van der Waals surface area contributed by atoms with Crippen LogP contribution in [0, 0.1) is 12.7 Å². The summed E-state index contributed by atoms with van der Waals surface area (Å²) in [5.74, 6) is -1.39. The van der Waals surface area contributed by atoms with Gasteiger partial charge in [0, 0.05) is 40.8 Å². The van der Waals surface area contributed by atoms with Crippen LogP contribution in [0.5, 0.6) is 0 Å². The molecule has 33 heavy (non-hydrogen) atoms. The summed E-state index contributed by atoms with van der Waals surface area (Å²) in [5, 5.41) is 12.0. The lowest BCUT2D eigenvalue weighted by Gasteiger charge is -2.28. The Labute approximate surface area is 190 Å². The van der Waals surface area contributed by atoms with E-state index < -0.39 is 5.97 Å². The van der Waals surface area contributed by atoms with Gasteiger partial charge in [0.15, 0.2) is 0 Å². The molecule has 1 N–H and O–H groups in total. The van der Waals surface area contributed by atoms with Gasteiger partial charge in [0.1, 0.15) is 12.4 Å². The summed E-state index contributed by atoms with van der Waals surface area (Å²) in [6, 6.07) is 18.0. The van der Waals surface area contributed by atoms with Crippen molar-refractivity contribution >= 4 is 39.1 Å². The fraction of sp³-hybridized carbons (Fsp3) is 0.185. The van der Waals surface area contributed by atoms with Crippen molar-refractivity contribution in [2.75, 3.05) is 13.1 Å². The van der Waals surface area contributed by atoms with E-state index in [0.717, 1.165) is 27.6 Å². The second-order valence-corrected chi connectivity index (χ2v) is 8.37. The first-order valence-electron chi connectivity index (χ1n) is 10.9. The van der Waals surface area contributed by atoms with Gasteiger partial charge in [-0.2, -0.15) is 0 Å². The maximum Gasteiger partial charge on any atom is 0.323 e. The summed E-state index contributed by atoms with van der Waals surface area (Å²) >= 11 is 0. The van der Waals surface area contributed by atoms with E-state index in [1.165, 1.54) is 12.1 Å². The average Bonchev–Trinajstić information content (AvgIpc) is 3.08. The van der Waals surface area contributed by atoms with Crippen LogP contribution < -0.4 is 0 Å². The molecule has 4 aromatic rings. The highest BCUT2D eigenvalue weighted by Gasteiger charge is 2.26. The first-order chi connectivity index (χ1) is 15.9. The predicted octanol–water partition coefficient (Wildman–Crippen LogP) is 5.26. The Morgan fingerprint density at radius 1 is 1.03 bits per heavy atom. The number of nitrogens with zero attached hydrogens (tertiary/aromatic N) is 2. The van der Waals surface area contributed by atoms with Gasteiger partial charge in [0.25, 0.3) is 5.91 Å². The van der Waals surface area contributed by atoms with Crippen molar-refractivity contribution in [2.45, 2.75) is 19.9 Å². The van der Waals surface area contributed by atoms with Gasteiger partial charge < -0.3 is 14.6 Å². The molecule has 6 heteroatoms. The number of aromatic nitrogens is 1. The Morgan fingerprint density at radius 2 is 1.82 bits per heavy atom. The molecule has 0 spiro atoms. The monoisotopic (exact) mass is 442 g/mol. The van der Waals surface area contributed by atoms with Crippen LogP contribution in [0.1, 0.15) is 28.0 Å². The molecule has 0 fully saturated rings. The number of carbonyl (C=O) groups excluding carboxylic acids is 1. The third kappa shape index (κ3) is 3.67. The number of fused-ring (bicyclic) bond motifs is 2. The number of carboxylic acid groups (broad SMARTS) is 1. The zero-order chi connectivity index (χ0) is 23.1. The second-order valence-electron chi connectivity index (χ2n) is 8.37. The molecular formula is C27H23FN2O3. The molecule has 5 nitrogen and oxygen atoms in total. The molecule has 1 aliphatic rings. The molecule has 0 atom stereocenters. The van der Waals surface area contributed by atoms with E-state index in [1.54, 1.807) is 10.6 Å². The third-order valence-electron chi connectivity index (χ3n) is 6.36. The first kappa shape index (κ1) is 20.9. The van der Waals surface area contributed by atoms with Crippen LogP contribution in [0.4, 0.5) is 4.39 Å². The van der Waals surface area contributed by atoms with Crippen LogP contribution in [-0.2, 0) is 11.3 Å². The largest absolute Gasteiger partial charge is 0.480 e. The van der Waals surface area contributed by atoms with Crippen molar-refractivity contribution in [2.24, 2.45) is 0 Å². The number of halogens is 1. The van der Waals surface area contributed by atoms with E-state index in [0.29, 0.717) is 36.0 Å². The molecule has 0 saturated carbocycles. The van der Waals surface area contributed by atoms with Crippen molar-refractivity contribution < 1.29 is 19.1 Å². The number of rotatable bonds is 4. The minimum absolute atomic E-state index is 0.0458. The summed E-state index contributed by atoms with van der Waals surface area (Å²) < 4.78 is 15.8. The Hall–Kier alpha value is -3.93. The number of benzene rings is 3. The molecule has 3 aromatic carbocycles. The molecule has 1 amide bonds. The highest BCUT2D eigenvalue weighted by molar-refractivity contribution is 6.08. The predicted molar refractivity (Wildman–Crippen MR) is 127 cm³/mol.